The molecule has 0 radical (unpaired) electrons. The van der Waals surface area contributed by atoms with Crippen molar-refractivity contribution in [2.45, 2.75) is 0 Å². The van der Waals surface area contributed by atoms with Crippen molar-refractivity contribution in [2.24, 2.45) is 0 Å². The summed E-state index contributed by atoms with van der Waals surface area (Å²) in [7, 11) is 1.59. The number of methoxy groups -OCH3 is 1. The Bertz CT molecular complexity index is 789. The molecule has 0 aliphatic carbocycles. The molecule has 0 fully saturated rings. The van der Waals surface area contributed by atoms with Crippen LogP contribution in [0, 0.1) is 0 Å². The summed E-state index contributed by atoms with van der Waals surface area (Å²) in [6.45, 7) is 0.432. The van der Waals surface area contributed by atoms with Crippen molar-refractivity contribution in [2.75, 3.05) is 13.7 Å². The third-order valence-corrected chi connectivity index (χ3v) is 3.77. The number of carbonyl (C=O) groups excluding carboxylic acids is 1. The van der Waals surface area contributed by atoms with Gasteiger partial charge in [-0.25, -0.2) is 0 Å². The van der Waals surface area contributed by atoms with Gasteiger partial charge in [-0.2, -0.15) is 0 Å². The lowest BCUT2D eigenvalue weighted by molar-refractivity contribution is 0.104. The van der Waals surface area contributed by atoms with Gasteiger partial charge in [0.05, 0.1) is 7.11 Å². The maximum atomic E-state index is 12.2. The Labute approximate surface area is 139 Å². The fraction of sp³-hybridized carbons (Fsp3) is 0.105. The number of ketones is 1. The van der Waals surface area contributed by atoms with E-state index in [1.165, 1.54) is 0 Å². The molecule has 0 unspecified atom stereocenters. The van der Waals surface area contributed by atoms with E-state index >= 15 is 0 Å². The number of ether oxygens (including phenoxy) is 2. The van der Waals surface area contributed by atoms with Crippen LogP contribution in [0.1, 0.15) is 15.9 Å². The number of halogens is 1. The minimum atomic E-state index is -0.0644. The number of hydrogen-bond acceptors (Lipinski definition) is 3. The maximum Gasteiger partial charge on any atom is 0.185 e. The second kappa shape index (κ2) is 6.71. The third kappa shape index (κ3) is 3.63. The Hall–Kier alpha value is -2.52. The standard InChI is InChI=1S/C19H15ClO3/c1-22-17-6-3-14(4-7-17)18(21)8-2-13-10-15-11-16(20)5-9-19(15)23-12-13/h2-11H,12H2,1H3/b8-2+. The van der Waals surface area contributed by atoms with Crippen molar-refractivity contribution in [3.8, 4) is 11.5 Å². The summed E-state index contributed by atoms with van der Waals surface area (Å²) in [6, 6.07) is 12.5. The summed E-state index contributed by atoms with van der Waals surface area (Å²) in [5.74, 6) is 1.46. The van der Waals surface area contributed by atoms with E-state index in [1.54, 1.807) is 49.6 Å². The van der Waals surface area contributed by atoms with Gasteiger partial charge in [0.15, 0.2) is 5.78 Å². The van der Waals surface area contributed by atoms with Crippen molar-refractivity contribution in [1.82, 2.24) is 0 Å². The van der Waals surface area contributed by atoms with E-state index in [-0.39, 0.29) is 5.78 Å². The van der Waals surface area contributed by atoms with Crippen LogP contribution in [0.15, 0.2) is 60.2 Å². The summed E-state index contributed by atoms with van der Waals surface area (Å²) < 4.78 is 10.7. The highest BCUT2D eigenvalue weighted by Crippen LogP contribution is 2.29. The Morgan fingerprint density at radius 1 is 1.22 bits per heavy atom. The van der Waals surface area contributed by atoms with Gasteiger partial charge in [-0.3, -0.25) is 4.79 Å². The second-order valence-electron chi connectivity index (χ2n) is 5.12. The molecule has 0 saturated heterocycles. The van der Waals surface area contributed by atoms with Crippen molar-refractivity contribution in [3.63, 3.8) is 0 Å². The number of fused-ring (bicyclic) bond motifs is 1. The number of allylic oxidation sites excluding steroid dienone is 1. The Morgan fingerprint density at radius 3 is 2.74 bits per heavy atom. The zero-order chi connectivity index (χ0) is 16.2. The lowest BCUT2D eigenvalue weighted by Crippen LogP contribution is -2.06. The van der Waals surface area contributed by atoms with Crippen LogP contribution in [0.4, 0.5) is 0 Å². The van der Waals surface area contributed by atoms with Crippen molar-refractivity contribution < 1.29 is 14.3 Å². The first-order chi connectivity index (χ1) is 11.2. The monoisotopic (exact) mass is 326 g/mol. The SMILES string of the molecule is COc1ccc(C(=O)/C=C/C2=Cc3cc(Cl)ccc3OC2)cc1. The minimum Gasteiger partial charge on any atom is -0.497 e. The molecular formula is C19H15ClO3. The topological polar surface area (TPSA) is 35.5 Å². The van der Waals surface area contributed by atoms with Crippen molar-refractivity contribution >= 4 is 23.5 Å². The van der Waals surface area contributed by atoms with Gasteiger partial charge in [0.25, 0.3) is 0 Å². The highest BCUT2D eigenvalue weighted by Gasteiger charge is 2.10. The van der Waals surface area contributed by atoms with Gasteiger partial charge in [0.2, 0.25) is 0 Å². The lowest BCUT2D eigenvalue weighted by Gasteiger charge is -2.16. The van der Waals surface area contributed by atoms with Crippen LogP contribution in [0.25, 0.3) is 6.08 Å². The number of carbonyl (C=O) groups is 1. The first kappa shape index (κ1) is 15.4. The molecule has 2 aromatic carbocycles. The van der Waals surface area contributed by atoms with Gasteiger partial charge in [-0.05, 0) is 60.2 Å². The lowest BCUT2D eigenvalue weighted by atomic mass is 10.1. The normalized spacial score (nSPS) is 13.2. The Kier molecular flexibility index (Phi) is 4.49. The van der Waals surface area contributed by atoms with E-state index in [0.29, 0.717) is 17.2 Å². The van der Waals surface area contributed by atoms with Gasteiger partial charge in [-0.15, -0.1) is 0 Å². The molecule has 116 valence electrons. The molecular weight excluding hydrogens is 312 g/mol. The molecule has 0 aromatic heterocycles. The zero-order valence-corrected chi connectivity index (χ0v) is 13.3. The van der Waals surface area contributed by atoms with Crippen LogP contribution >= 0.6 is 11.6 Å². The molecule has 1 aliphatic heterocycles. The molecule has 0 N–H and O–H groups in total. The molecule has 2 aromatic rings. The van der Waals surface area contributed by atoms with E-state index in [4.69, 9.17) is 21.1 Å². The van der Waals surface area contributed by atoms with Gasteiger partial charge >= 0.3 is 0 Å². The smallest absolute Gasteiger partial charge is 0.185 e. The fourth-order valence-electron chi connectivity index (χ4n) is 2.30. The maximum absolute atomic E-state index is 12.2. The van der Waals surface area contributed by atoms with Crippen LogP contribution in [-0.4, -0.2) is 19.5 Å². The van der Waals surface area contributed by atoms with E-state index in [9.17, 15) is 4.79 Å². The Morgan fingerprint density at radius 2 is 2.00 bits per heavy atom. The summed E-state index contributed by atoms with van der Waals surface area (Å²) >= 11 is 5.99. The molecule has 0 spiro atoms. The predicted octanol–water partition coefficient (Wildman–Crippen LogP) is 4.56. The second-order valence-corrected chi connectivity index (χ2v) is 5.55. The number of hydrogen-bond donors (Lipinski definition) is 0. The minimum absolute atomic E-state index is 0.0644. The van der Waals surface area contributed by atoms with E-state index in [2.05, 4.69) is 0 Å². The molecule has 0 amide bonds. The molecule has 23 heavy (non-hydrogen) atoms. The van der Waals surface area contributed by atoms with Crippen LogP contribution in [0.5, 0.6) is 11.5 Å². The van der Waals surface area contributed by atoms with Gasteiger partial charge in [-0.1, -0.05) is 17.7 Å². The van der Waals surface area contributed by atoms with E-state index in [0.717, 1.165) is 22.6 Å². The highest BCUT2D eigenvalue weighted by atomic mass is 35.5. The average molecular weight is 327 g/mol. The zero-order valence-electron chi connectivity index (χ0n) is 12.6. The van der Waals surface area contributed by atoms with Gasteiger partial charge in [0.1, 0.15) is 18.1 Å². The average Bonchev–Trinajstić information content (AvgIpc) is 2.59. The molecule has 0 saturated carbocycles. The summed E-state index contributed by atoms with van der Waals surface area (Å²) in [5, 5.41) is 0.656. The van der Waals surface area contributed by atoms with E-state index in [1.807, 2.05) is 18.2 Å². The summed E-state index contributed by atoms with van der Waals surface area (Å²) in [4.78, 5) is 12.2. The molecule has 0 bridgehead atoms. The highest BCUT2D eigenvalue weighted by molar-refractivity contribution is 6.30. The molecule has 4 heteroatoms. The van der Waals surface area contributed by atoms with Crippen LogP contribution in [0.2, 0.25) is 5.02 Å². The number of rotatable bonds is 4. The molecule has 1 aliphatic rings. The third-order valence-electron chi connectivity index (χ3n) is 3.53. The predicted molar refractivity (Wildman–Crippen MR) is 91.4 cm³/mol. The van der Waals surface area contributed by atoms with Crippen molar-refractivity contribution in [3.05, 3.63) is 76.3 Å². The fourth-order valence-corrected chi connectivity index (χ4v) is 2.48. The molecule has 3 nitrogen and oxygen atoms in total. The van der Waals surface area contributed by atoms with Crippen LogP contribution in [0.3, 0.4) is 0 Å². The molecule has 3 rings (SSSR count). The first-order valence-corrected chi connectivity index (χ1v) is 7.53. The summed E-state index contributed by atoms with van der Waals surface area (Å²) in [6.07, 6.45) is 5.30. The van der Waals surface area contributed by atoms with Crippen LogP contribution in [-0.2, 0) is 0 Å². The van der Waals surface area contributed by atoms with Crippen molar-refractivity contribution in [1.29, 1.82) is 0 Å². The molecule has 0 atom stereocenters. The molecule has 1 heterocycles. The van der Waals surface area contributed by atoms with Crippen LogP contribution < -0.4 is 9.47 Å². The van der Waals surface area contributed by atoms with E-state index < -0.39 is 0 Å². The van der Waals surface area contributed by atoms with Gasteiger partial charge in [0, 0.05) is 16.1 Å². The first-order valence-electron chi connectivity index (χ1n) is 7.15. The number of benzene rings is 2. The summed E-state index contributed by atoms with van der Waals surface area (Å²) in [5.41, 5.74) is 2.45. The van der Waals surface area contributed by atoms with Gasteiger partial charge < -0.3 is 9.47 Å². The largest absolute Gasteiger partial charge is 0.497 e. The quantitative estimate of drug-likeness (QED) is 0.610. The Balaban J connectivity index is 1.75.